The minimum absolute atomic E-state index is 0.0208. The van der Waals surface area contributed by atoms with Crippen molar-refractivity contribution in [1.29, 1.82) is 0 Å². The van der Waals surface area contributed by atoms with E-state index in [1.54, 1.807) is 13.8 Å². The molecule has 1 aliphatic heterocycles. The quantitative estimate of drug-likeness (QED) is 0.0724. The second kappa shape index (κ2) is 31.3. The number of primary amides is 1. The van der Waals surface area contributed by atoms with Crippen LogP contribution in [0.5, 0.6) is 0 Å². The highest BCUT2D eigenvalue weighted by atomic mass is 16.4. The number of hydrogen-bond donors (Lipinski definition) is 11. The SMILES string of the molecule is CC(C)C(N)C(=O)O.CCCCCC(=O)O.NC(=O)NCCCC(N)C(=O)O.NCCCCC(N)C(=O)O.O=C1C=CC(=O)N1. The van der Waals surface area contributed by atoms with Gasteiger partial charge in [0, 0.05) is 25.1 Å². The fourth-order valence-electron chi connectivity index (χ4n) is 2.46. The summed E-state index contributed by atoms with van der Waals surface area (Å²) in [4.78, 5) is 70.4. The second-order valence-electron chi connectivity index (χ2n) is 9.75. The third-order valence-corrected chi connectivity index (χ3v) is 5.22. The first-order chi connectivity index (χ1) is 20.8. The largest absolute Gasteiger partial charge is 0.481 e. The molecule has 0 bridgehead atoms. The summed E-state index contributed by atoms with van der Waals surface area (Å²) < 4.78 is 0. The van der Waals surface area contributed by atoms with Crippen LogP contribution < -0.4 is 39.3 Å². The van der Waals surface area contributed by atoms with Crippen LogP contribution in [0.3, 0.4) is 0 Å². The Morgan fingerprint density at radius 2 is 1.24 bits per heavy atom. The molecule has 3 unspecified atom stereocenters. The Morgan fingerprint density at radius 3 is 1.51 bits per heavy atom. The van der Waals surface area contributed by atoms with Gasteiger partial charge in [0.1, 0.15) is 18.1 Å². The summed E-state index contributed by atoms with van der Waals surface area (Å²) >= 11 is 0. The molecule has 262 valence electrons. The van der Waals surface area contributed by atoms with Gasteiger partial charge in [0.25, 0.3) is 11.8 Å². The maximum absolute atomic E-state index is 10.2. The molecule has 18 nitrogen and oxygen atoms in total. The second-order valence-corrected chi connectivity index (χ2v) is 9.75. The van der Waals surface area contributed by atoms with Crippen molar-refractivity contribution in [3.05, 3.63) is 12.2 Å². The van der Waals surface area contributed by atoms with E-state index in [2.05, 4.69) is 12.2 Å². The lowest BCUT2D eigenvalue weighted by atomic mass is 10.1. The van der Waals surface area contributed by atoms with Crippen LogP contribution in [0.2, 0.25) is 0 Å². The van der Waals surface area contributed by atoms with Gasteiger partial charge in [0.15, 0.2) is 0 Å². The minimum Gasteiger partial charge on any atom is -0.481 e. The summed E-state index contributed by atoms with van der Waals surface area (Å²) in [6.45, 7) is 6.57. The molecule has 0 aromatic heterocycles. The van der Waals surface area contributed by atoms with Gasteiger partial charge in [0.05, 0.1) is 0 Å². The first-order valence-corrected chi connectivity index (χ1v) is 14.3. The zero-order valence-electron chi connectivity index (χ0n) is 26.3. The Balaban J connectivity index is -0.000000236. The fourth-order valence-corrected chi connectivity index (χ4v) is 2.46. The zero-order valence-corrected chi connectivity index (χ0v) is 26.3. The highest BCUT2D eigenvalue weighted by Crippen LogP contribution is 1.98. The average Bonchev–Trinajstić information content (AvgIpc) is 3.33. The number of hydrogen-bond acceptors (Lipinski definition) is 11. The van der Waals surface area contributed by atoms with E-state index in [-0.39, 0.29) is 17.7 Å². The summed E-state index contributed by atoms with van der Waals surface area (Å²) in [5, 5.41) is 37.4. The molecule has 0 aromatic carbocycles. The summed E-state index contributed by atoms with van der Waals surface area (Å²) in [7, 11) is 0. The van der Waals surface area contributed by atoms with Crippen molar-refractivity contribution in [2.45, 2.75) is 96.7 Å². The van der Waals surface area contributed by atoms with Crippen LogP contribution in [-0.2, 0) is 28.8 Å². The third-order valence-electron chi connectivity index (χ3n) is 5.22. The van der Waals surface area contributed by atoms with Gasteiger partial charge in [0.2, 0.25) is 0 Å². The van der Waals surface area contributed by atoms with Crippen molar-refractivity contribution in [2.75, 3.05) is 13.1 Å². The van der Waals surface area contributed by atoms with Crippen LogP contribution in [0.15, 0.2) is 12.2 Å². The van der Waals surface area contributed by atoms with E-state index < -0.39 is 48.0 Å². The van der Waals surface area contributed by atoms with Crippen LogP contribution >= 0.6 is 0 Å². The number of aliphatic carboxylic acids is 4. The van der Waals surface area contributed by atoms with E-state index in [0.717, 1.165) is 32.1 Å². The van der Waals surface area contributed by atoms with E-state index in [4.69, 9.17) is 49.1 Å². The highest BCUT2D eigenvalue weighted by molar-refractivity contribution is 6.12. The maximum atomic E-state index is 10.2. The Hall–Kier alpha value is -4.13. The summed E-state index contributed by atoms with van der Waals surface area (Å²) in [5.41, 5.74) is 25.5. The molecule has 4 amide bonds. The standard InChI is InChI=1S/C6H13N3O3.C6H14N2O2.C6H12O2.C5H11NO2.C4H3NO2/c7-4(5(10)11)2-1-3-9-6(8)12;7-4-2-1-3-5(8)6(9)10;1-2-3-4-5-6(7)8;1-3(2)4(6)5(7)8;6-3-1-2-4(7)5-3/h4H,1-3,7H2,(H,10,11)(H3,8,9,12);5H,1-4,7-8H2,(H,9,10);2-5H2,1H3,(H,7,8);3-4H,6H2,1-2H3,(H,7,8);1-2H,(H,5,6,7). The predicted molar refractivity (Wildman–Crippen MR) is 165 cm³/mol. The molecule has 0 aliphatic carbocycles. The fraction of sp³-hybridized carbons (Fsp3) is 0.667. The number of carboxylic acid groups (broad SMARTS) is 4. The molecule has 1 heterocycles. The Kier molecular flexibility index (Phi) is 33.2. The number of carbonyl (C=O) groups is 7. The van der Waals surface area contributed by atoms with Crippen LogP contribution in [0.1, 0.15) is 78.6 Å². The van der Waals surface area contributed by atoms with Gasteiger partial charge in [-0.1, -0.05) is 40.0 Å². The Labute approximate surface area is 263 Å². The number of urea groups is 1. The minimum atomic E-state index is -1.03. The van der Waals surface area contributed by atoms with Gasteiger partial charge in [-0.15, -0.1) is 0 Å². The van der Waals surface area contributed by atoms with E-state index in [1.807, 2.05) is 5.32 Å². The van der Waals surface area contributed by atoms with Crippen LogP contribution in [-0.4, -0.2) is 93.4 Å². The molecular formula is C27H53N7O11. The van der Waals surface area contributed by atoms with Crippen LogP contribution in [0.25, 0.3) is 0 Å². The van der Waals surface area contributed by atoms with Crippen molar-refractivity contribution in [3.63, 3.8) is 0 Å². The molecular weight excluding hydrogens is 598 g/mol. The van der Waals surface area contributed by atoms with Crippen LogP contribution in [0, 0.1) is 5.92 Å². The molecule has 1 rings (SSSR count). The molecule has 16 N–H and O–H groups in total. The summed E-state index contributed by atoms with van der Waals surface area (Å²) in [5.74, 6) is -4.22. The van der Waals surface area contributed by atoms with Gasteiger partial charge < -0.3 is 54.4 Å². The van der Waals surface area contributed by atoms with Gasteiger partial charge in [-0.3, -0.25) is 34.1 Å². The molecule has 0 aromatic rings. The molecule has 18 heteroatoms. The molecule has 3 atom stereocenters. The number of carboxylic acids is 4. The predicted octanol–water partition coefficient (Wildman–Crippen LogP) is -0.721. The van der Waals surface area contributed by atoms with Gasteiger partial charge in [-0.05, 0) is 44.6 Å². The van der Waals surface area contributed by atoms with Crippen molar-refractivity contribution in [3.8, 4) is 0 Å². The summed E-state index contributed by atoms with van der Waals surface area (Å²) in [6.07, 6.45) is 8.67. The topological polar surface area (TPSA) is 355 Å². The molecule has 1 aliphatic rings. The van der Waals surface area contributed by atoms with Crippen molar-refractivity contribution in [1.82, 2.24) is 10.6 Å². The van der Waals surface area contributed by atoms with Gasteiger partial charge in [-0.2, -0.15) is 0 Å². The van der Waals surface area contributed by atoms with E-state index in [9.17, 15) is 33.6 Å². The van der Waals surface area contributed by atoms with Crippen LogP contribution in [0.4, 0.5) is 4.79 Å². The Bertz CT molecular complexity index is 900. The number of nitrogens with two attached hydrogens (primary N) is 5. The Morgan fingerprint density at radius 1 is 0.778 bits per heavy atom. The molecule has 0 saturated carbocycles. The number of carbonyl (C=O) groups excluding carboxylic acids is 3. The lowest BCUT2D eigenvalue weighted by Crippen LogP contribution is -2.34. The highest BCUT2D eigenvalue weighted by Gasteiger charge is 2.14. The van der Waals surface area contributed by atoms with Gasteiger partial charge in [-0.25, -0.2) is 4.79 Å². The van der Waals surface area contributed by atoms with Crippen molar-refractivity contribution >= 4 is 41.7 Å². The molecule has 0 fully saturated rings. The normalized spacial score (nSPS) is 13.0. The van der Waals surface area contributed by atoms with E-state index in [0.29, 0.717) is 38.8 Å². The molecule has 0 radical (unpaired) electrons. The van der Waals surface area contributed by atoms with Gasteiger partial charge >= 0.3 is 29.9 Å². The molecule has 0 spiro atoms. The lowest BCUT2D eigenvalue weighted by Gasteiger charge is -2.07. The monoisotopic (exact) mass is 651 g/mol. The first-order valence-electron chi connectivity index (χ1n) is 14.3. The number of nitrogens with one attached hydrogen (secondary N) is 2. The number of imide groups is 1. The lowest BCUT2D eigenvalue weighted by molar-refractivity contribution is -0.140. The molecule has 0 saturated heterocycles. The number of rotatable bonds is 16. The average molecular weight is 652 g/mol. The van der Waals surface area contributed by atoms with Crippen molar-refractivity contribution in [2.24, 2.45) is 34.6 Å². The summed E-state index contributed by atoms with van der Waals surface area (Å²) in [6, 6.07) is -2.90. The first kappa shape index (κ1) is 47.8. The molecule has 45 heavy (non-hydrogen) atoms. The smallest absolute Gasteiger partial charge is 0.320 e. The third kappa shape index (κ3) is 39.9. The van der Waals surface area contributed by atoms with E-state index in [1.165, 1.54) is 12.2 Å². The van der Waals surface area contributed by atoms with Crippen molar-refractivity contribution < 1.29 is 54.0 Å². The van der Waals surface area contributed by atoms with E-state index >= 15 is 0 Å². The zero-order chi connectivity index (χ0) is 36.0. The number of unbranched alkanes of at least 4 members (excludes halogenated alkanes) is 3. The maximum Gasteiger partial charge on any atom is 0.320 e. The number of amides is 4.